The first-order chi connectivity index (χ1) is 13.8. The van der Waals surface area contributed by atoms with Gasteiger partial charge in [0.2, 0.25) is 5.91 Å². The highest BCUT2D eigenvalue weighted by molar-refractivity contribution is 5.79. The molecular weight excluding hydrogens is 348 g/mol. The van der Waals surface area contributed by atoms with Gasteiger partial charge in [-0.3, -0.25) is 9.78 Å². The largest absolute Gasteiger partial charge is 0.487 e. The van der Waals surface area contributed by atoms with Crippen LogP contribution in [0.15, 0.2) is 48.8 Å². The van der Waals surface area contributed by atoms with Crippen molar-refractivity contribution in [2.75, 3.05) is 13.1 Å². The minimum atomic E-state index is 0.318. The molecule has 1 saturated carbocycles. The molecule has 1 amide bonds. The molecule has 4 rings (SSSR count). The summed E-state index contributed by atoms with van der Waals surface area (Å²) in [6.07, 6.45) is 11.5. The number of amides is 1. The molecule has 1 aromatic heterocycles. The number of rotatable bonds is 6. The number of carbonyl (C=O) groups excluding carboxylic acids is 1. The Morgan fingerprint density at radius 2 is 1.71 bits per heavy atom. The third-order valence-electron chi connectivity index (χ3n) is 6.22. The Kier molecular flexibility index (Phi) is 6.25. The number of benzene rings is 1. The van der Waals surface area contributed by atoms with Gasteiger partial charge in [-0.2, -0.15) is 0 Å². The van der Waals surface area contributed by atoms with Crippen LogP contribution in [0.3, 0.4) is 0 Å². The lowest BCUT2D eigenvalue weighted by Gasteiger charge is -2.33. The number of hydrogen-bond acceptors (Lipinski definition) is 3. The Hall–Kier alpha value is -2.36. The monoisotopic (exact) mass is 378 g/mol. The summed E-state index contributed by atoms with van der Waals surface area (Å²) >= 11 is 0. The second kappa shape index (κ2) is 9.22. The molecule has 0 radical (unpaired) electrons. The molecule has 1 aromatic carbocycles. The van der Waals surface area contributed by atoms with E-state index in [2.05, 4.69) is 34.1 Å². The molecule has 0 unspecified atom stereocenters. The van der Waals surface area contributed by atoms with Crippen molar-refractivity contribution in [2.45, 2.75) is 51.6 Å². The summed E-state index contributed by atoms with van der Waals surface area (Å²) in [4.78, 5) is 18.8. The summed E-state index contributed by atoms with van der Waals surface area (Å²) in [5, 5.41) is 0. The topological polar surface area (TPSA) is 42.4 Å². The van der Waals surface area contributed by atoms with Crippen molar-refractivity contribution in [2.24, 2.45) is 11.8 Å². The van der Waals surface area contributed by atoms with Crippen LogP contribution in [0, 0.1) is 11.8 Å². The van der Waals surface area contributed by atoms with Crippen LogP contribution in [-0.2, 0) is 17.8 Å². The molecule has 28 heavy (non-hydrogen) atoms. The number of piperidine rings is 1. The number of nitrogens with zero attached hydrogens (tertiary/aromatic N) is 2. The van der Waals surface area contributed by atoms with Gasteiger partial charge in [-0.1, -0.05) is 37.1 Å². The number of pyridine rings is 1. The van der Waals surface area contributed by atoms with Crippen molar-refractivity contribution in [3.8, 4) is 5.75 Å². The van der Waals surface area contributed by atoms with E-state index < -0.39 is 0 Å². The number of hydrogen-bond donors (Lipinski definition) is 0. The Morgan fingerprint density at radius 3 is 2.39 bits per heavy atom. The molecule has 148 valence electrons. The molecule has 2 aromatic rings. The summed E-state index contributed by atoms with van der Waals surface area (Å²) in [5.74, 6) is 2.22. The van der Waals surface area contributed by atoms with Crippen LogP contribution in [0.2, 0.25) is 0 Å². The minimum absolute atomic E-state index is 0.318. The predicted octanol–water partition coefficient (Wildman–Crippen LogP) is 4.63. The summed E-state index contributed by atoms with van der Waals surface area (Å²) < 4.78 is 5.76. The van der Waals surface area contributed by atoms with Gasteiger partial charge in [-0.05, 0) is 61.3 Å². The average Bonchev–Trinajstić information content (AvgIpc) is 3.29. The van der Waals surface area contributed by atoms with Gasteiger partial charge in [-0.15, -0.1) is 0 Å². The Morgan fingerprint density at radius 1 is 1.00 bits per heavy atom. The Balaban J connectivity index is 1.22. The van der Waals surface area contributed by atoms with E-state index >= 15 is 0 Å². The van der Waals surface area contributed by atoms with Crippen LogP contribution in [0.4, 0.5) is 0 Å². The normalized spacial score (nSPS) is 18.4. The predicted molar refractivity (Wildman–Crippen MR) is 110 cm³/mol. The first kappa shape index (κ1) is 19.0. The molecule has 1 aliphatic carbocycles. The Bertz CT molecular complexity index is 746. The lowest BCUT2D eigenvalue weighted by molar-refractivity contribution is -0.136. The van der Waals surface area contributed by atoms with Gasteiger partial charge in [0.1, 0.15) is 12.4 Å². The summed E-state index contributed by atoms with van der Waals surface area (Å²) in [6, 6.07) is 12.6. The van der Waals surface area contributed by atoms with E-state index in [1.165, 1.54) is 24.0 Å². The van der Waals surface area contributed by atoms with E-state index in [-0.39, 0.29) is 0 Å². The molecular formula is C24H30N2O2. The molecule has 1 saturated heterocycles. The number of aromatic nitrogens is 1. The summed E-state index contributed by atoms with van der Waals surface area (Å²) in [5.41, 5.74) is 2.55. The average molecular weight is 379 g/mol. The first-order valence-corrected chi connectivity index (χ1v) is 10.7. The lowest BCUT2D eigenvalue weighted by Crippen LogP contribution is -2.41. The minimum Gasteiger partial charge on any atom is -0.487 e. The molecule has 2 aliphatic rings. The van der Waals surface area contributed by atoms with E-state index in [1.54, 1.807) is 12.4 Å². The Labute approximate surface area is 167 Å². The van der Waals surface area contributed by atoms with Gasteiger partial charge in [0.25, 0.3) is 0 Å². The highest BCUT2D eigenvalue weighted by Gasteiger charge is 2.29. The van der Waals surface area contributed by atoms with Crippen molar-refractivity contribution < 1.29 is 9.53 Å². The highest BCUT2D eigenvalue weighted by atomic mass is 16.5. The zero-order valence-electron chi connectivity index (χ0n) is 16.6. The van der Waals surface area contributed by atoms with Gasteiger partial charge in [-0.25, -0.2) is 0 Å². The quantitative estimate of drug-likeness (QED) is 0.736. The number of likely N-dealkylation sites (tertiary alicyclic amines) is 1. The van der Waals surface area contributed by atoms with Crippen LogP contribution in [-0.4, -0.2) is 28.9 Å². The van der Waals surface area contributed by atoms with Crippen molar-refractivity contribution in [1.29, 1.82) is 0 Å². The first-order valence-electron chi connectivity index (χ1n) is 10.7. The maximum absolute atomic E-state index is 12.6. The van der Waals surface area contributed by atoms with Gasteiger partial charge < -0.3 is 9.64 Å². The third kappa shape index (κ3) is 4.92. The molecule has 4 heteroatoms. The van der Waals surface area contributed by atoms with E-state index in [0.717, 1.165) is 50.9 Å². The van der Waals surface area contributed by atoms with Crippen LogP contribution >= 0.6 is 0 Å². The molecule has 4 nitrogen and oxygen atoms in total. The van der Waals surface area contributed by atoms with Crippen molar-refractivity contribution >= 4 is 5.91 Å². The van der Waals surface area contributed by atoms with Gasteiger partial charge in [0.15, 0.2) is 0 Å². The maximum Gasteiger partial charge on any atom is 0.225 e. The van der Waals surface area contributed by atoms with Gasteiger partial charge in [0.05, 0.1) is 6.20 Å². The van der Waals surface area contributed by atoms with Crippen LogP contribution in [0.5, 0.6) is 5.75 Å². The lowest BCUT2D eigenvalue weighted by atomic mass is 9.89. The third-order valence-corrected chi connectivity index (χ3v) is 6.22. The smallest absolute Gasteiger partial charge is 0.225 e. The fraction of sp³-hybridized carbons (Fsp3) is 0.500. The molecule has 2 heterocycles. The van der Waals surface area contributed by atoms with Crippen LogP contribution < -0.4 is 4.74 Å². The summed E-state index contributed by atoms with van der Waals surface area (Å²) in [7, 11) is 0. The highest BCUT2D eigenvalue weighted by Crippen LogP contribution is 2.29. The number of ether oxygens (including phenoxy) is 1. The van der Waals surface area contributed by atoms with Crippen LogP contribution in [0.25, 0.3) is 0 Å². The fourth-order valence-corrected chi connectivity index (χ4v) is 4.49. The van der Waals surface area contributed by atoms with Crippen molar-refractivity contribution in [1.82, 2.24) is 9.88 Å². The van der Waals surface area contributed by atoms with Crippen molar-refractivity contribution in [3.63, 3.8) is 0 Å². The van der Waals surface area contributed by atoms with Crippen LogP contribution in [0.1, 0.15) is 49.7 Å². The molecule has 2 fully saturated rings. The second-order valence-corrected chi connectivity index (χ2v) is 8.25. The van der Waals surface area contributed by atoms with E-state index in [4.69, 9.17) is 4.74 Å². The zero-order valence-corrected chi connectivity index (χ0v) is 16.6. The molecule has 0 atom stereocenters. The van der Waals surface area contributed by atoms with E-state index in [1.807, 2.05) is 12.1 Å². The molecule has 0 N–H and O–H groups in total. The van der Waals surface area contributed by atoms with E-state index in [0.29, 0.717) is 24.3 Å². The van der Waals surface area contributed by atoms with Gasteiger partial charge >= 0.3 is 0 Å². The maximum atomic E-state index is 12.6. The molecule has 1 aliphatic heterocycles. The number of carbonyl (C=O) groups is 1. The SMILES string of the molecule is O=C(C1CCCC1)N1CCC(Cc2ccc(COc3cccnc3)cc2)CC1. The van der Waals surface area contributed by atoms with E-state index in [9.17, 15) is 4.79 Å². The summed E-state index contributed by atoms with van der Waals surface area (Å²) in [6.45, 7) is 2.45. The van der Waals surface area contributed by atoms with Gasteiger partial charge in [0, 0.05) is 25.2 Å². The molecule has 0 bridgehead atoms. The zero-order chi connectivity index (χ0) is 19.2. The standard InChI is InChI=1S/C24H30N2O2/c27-24(22-4-1-2-5-22)26-14-11-20(12-15-26)16-19-7-9-21(10-8-19)18-28-23-6-3-13-25-17-23/h3,6-10,13,17,20,22H,1-2,4-5,11-12,14-16,18H2. The van der Waals surface area contributed by atoms with Crippen molar-refractivity contribution in [3.05, 3.63) is 59.9 Å². The second-order valence-electron chi connectivity index (χ2n) is 8.25. The molecule has 0 spiro atoms. The fourth-order valence-electron chi connectivity index (χ4n) is 4.49.